The van der Waals surface area contributed by atoms with Crippen molar-refractivity contribution in [2.45, 2.75) is 45.6 Å². The van der Waals surface area contributed by atoms with E-state index >= 15 is 0 Å². The van der Waals surface area contributed by atoms with Gasteiger partial charge >= 0.3 is 0 Å². The third-order valence-electron chi connectivity index (χ3n) is 4.07. The molecule has 27 heavy (non-hydrogen) atoms. The summed E-state index contributed by atoms with van der Waals surface area (Å²) in [4.78, 5) is 23.7. The van der Waals surface area contributed by atoms with Gasteiger partial charge < -0.3 is 4.74 Å². The Morgan fingerprint density at radius 1 is 1.04 bits per heavy atom. The van der Waals surface area contributed by atoms with Crippen molar-refractivity contribution in [3.05, 3.63) is 65.5 Å². The predicted octanol–water partition coefficient (Wildman–Crippen LogP) is 3.46. The minimum Gasteiger partial charge on any atom is -0.478 e. The maximum absolute atomic E-state index is 13.5. The number of halogens is 1. The molecule has 2 rings (SSSR count). The lowest BCUT2D eigenvalue weighted by molar-refractivity contribution is -0.132. The van der Waals surface area contributed by atoms with Gasteiger partial charge in [0.2, 0.25) is 5.91 Å². The van der Waals surface area contributed by atoms with Gasteiger partial charge in [-0.25, -0.2) is 4.39 Å². The second kappa shape index (κ2) is 10.3. The zero-order valence-corrected chi connectivity index (χ0v) is 15.6. The van der Waals surface area contributed by atoms with Gasteiger partial charge in [0, 0.05) is 6.42 Å². The third-order valence-corrected chi connectivity index (χ3v) is 4.07. The molecular formula is C21H25FN2O3. The van der Waals surface area contributed by atoms with Crippen molar-refractivity contribution >= 4 is 11.8 Å². The van der Waals surface area contributed by atoms with Crippen molar-refractivity contribution in [2.75, 3.05) is 0 Å². The van der Waals surface area contributed by atoms with Crippen LogP contribution in [0.1, 0.15) is 37.3 Å². The lowest BCUT2D eigenvalue weighted by Crippen LogP contribution is -2.47. The maximum atomic E-state index is 13.5. The van der Waals surface area contributed by atoms with Crippen LogP contribution >= 0.6 is 0 Å². The summed E-state index contributed by atoms with van der Waals surface area (Å²) in [5, 5.41) is 0. The quantitative estimate of drug-likeness (QED) is 0.551. The molecule has 0 saturated carbocycles. The van der Waals surface area contributed by atoms with Crippen LogP contribution in [0.5, 0.6) is 5.75 Å². The molecule has 0 bridgehead atoms. The first-order valence-electron chi connectivity index (χ1n) is 9.01. The first kappa shape index (κ1) is 20.4. The van der Waals surface area contributed by atoms with Crippen LogP contribution in [0.3, 0.4) is 0 Å². The van der Waals surface area contributed by atoms with E-state index in [0.717, 1.165) is 19.3 Å². The summed E-state index contributed by atoms with van der Waals surface area (Å²) in [6, 6.07) is 14.2. The molecule has 0 saturated heterocycles. The Labute approximate surface area is 158 Å². The normalized spacial score (nSPS) is 11.5. The number of unbranched alkanes of at least 4 members (excludes halogenated alkanes) is 1. The fourth-order valence-electron chi connectivity index (χ4n) is 2.45. The fraction of sp³-hybridized carbons (Fsp3) is 0.333. The zero-order chi connectivity index (χ0) is 19.6. The zero-order valence-electron chi connectivity index (χ0n) is 15.6. The monoisotopic (exact) mass is 372 g/mol. The summed E-state index contributed by atoms with van der Waals surface area (Å²) in [7, 11) is 0. The number of aryl methyl sites for hydroxylation is 2. The summed E-state index contributed by atoms with van der Waals surface area (Å²) < 4.78 is 18.8. The van der Waals surface area contributed by atoms with Crippen molar-refractivity contribution in [1.29, 1.82) is 0 Å². The number of ether oxygens (including phenoxy) is 1. The van der Waals surface area contributed by atoms with Crippen LogP contribution in [-0.4, -0.2) is 17.9 Å². The molecule has 0 radical (unpaired) electrons. The van der Waals surface area contributed by atoms with E-state index in [0.29, 0.717) is 6.42 Å². The number of hydrogen-bond acceptors (Lipinski definition) is 3. The van der Waals surface area contributed by atoms with Gasteiger partial charge in [-0.3, -0.25) is 20.4 Å². The first-order chi connectivity index (χ1) is 13.0. The largest absolute Gasteiger partial charge is 0.478 e. The van der Waals surface area contributed by atoms with Crippen molar-refractivity contribution in [3.63, 3.8) is 0 Å². The molecule has 0 aliphatic carbocycles. The van der Waals surface area contributed by atoms with E-state index in [-0.39, 0.29) is 11.7 Å². The number of hydrazine groups is 1. The van der Waals surface area contributed by atoms with Gasteiger partial charge in [0.1, 0.15) is 0 Å². The first-order valence-corrected chi connectivity index (χ1v) is 9.01. The second-order valence-corrected chi connectivity index (χ2v) is 6.42. The minimum atomic E-state index is -0.941. The van der Waals surface area contributed by atoms with E-state index < -0.39 is 17.8 Å². The topological polar surface area (TPSA) is 67.4 Å². The number of carbonyl (C=O) groups is 2. The highest BCUT2D eigenvalue weighted by Gasteiger charge is 2.16. The van der Waals surface area contributed by atoms with E-state index in [9.17, 15) is 14.0 Å². The lowest BCUT2D eigenvalue weighted by Gasteiger charge is -2.15. The van der Waals surface area contributed by atoms with Crippen LogP contribution in [0.4, 0.5) is 4.39 Å². The Balaban J connectivity index is 1.63. The predicted molar refractivity (Wildman–Crippen MR) is 102 cm³/mol. The van der Waals surface area contributed by atoms with Crippen LogP contribution in [0.15, 0.2) is 48.5 Å². The molecule has 0 spiro atoms. The van der Waals surface area contributed by atoms with Gasteiger partial charge in [-0.15, -0.1) is 0 Å². The molecule has 144 valence electrons. The van der Waals surface area contributed by atoms with Gasteiger partial charge in [0.05, 0.1) is 0 Å². The summed E-state index contributed by atoms with van der Waals surface area (Å²) >= 11 is 0. The molecule has 1 unspecified atom stereocenters. The van der Waals surface area contributed by atoms with Crippen molar-refractivity contribution in [2.24, 2.45) is 0 Å². The van der Waals surface area contributed by atoms with E-state index in [2.05, 4.69) is 35.1 Å². The van der Waals surface area contributed by atoms with Crippen LogP contribution in [0, 0.1) is 12.7 Å². The average Bonchev–Trinajstić information content (AvgIpc) is 2.66. The summed E-state index contributed by atoms with van der Waals surface area (Å²) in [6.07, 6.45) is 1.89. The van der Waals surface area contributed by atoms with Crippen LogP contribution in [0.25, 0.3) is 0 Å². The molecule has 0 heterocycles. The van der Waals surface area contributed by atoms with Crippen molar-refractivity contribution in [1.82, 2.24) is 10.9 Å². The molecule has 1 atom stereocenters. The number of para-hydroxylation sites is 1. The van der Waals surface area contributed by atoms with Crippen molar-refractivity contribution in [3.8, 4) is 5.75 Å². The van der Waals surface area contributed by atoms with E-state index in [1.54, 1.807) is 6.07 Å². The molecule has 0 fully saturated rings. The molecule has 0 aliphatic heterocycles. The molecule has 0 aliphatic rings. The molecule has 5 nitrogen and oxygen atoms in total. The number of hydrogen-bond donors (Lipinski definition) is 2. The number of nitrogens with one attached hydrogen (secondary N) is 2. The Morgan fingerprint density at radius 3 is 2.44 bits per heavy atom. The maximum Gasteiger partial charge on any atom is 0.279 e. The van der Waals surface area contributed by atoms with Crippen LogP contribution < -0.4 is 15.6 Å². The Bertz CT molecular complexity index is 762. The standard InChI is InChI=1S/C21H25FN2O3/c1-15-11-13-17(14-12-15)7-3-6-10-20(25)23-24-21(26)16(2)27-19-9-5-4-8-18(19)22/h4-5,8-9,11-14,16H,3,6-7,10H2,1-2H3,(H,23,25)(H,24,26). The number of carbonyl (C=O) groups excluding carboxylic acids is 2. The SMILES string of the molecule is Cc1ccc(CCCCC(=O)NNC(=O)C(C)Oc2ccccc2F)cc1. The van der Waals surface area contributed by atoms with Gasteiger partial charge in [0.25, 0.3) is 5.91 Å². The number of amides is 2. The van der Waals surface area contributed by atoms with Crippen molar-refractivity contribution < 1.29 is 18.7 Å². The van der Waals surface area contributed by atoms with Crippen LogP contribution in [0.2, 0.25) is 0 Å². The van der Waals surface area contributed by atoms with Gasteiger partial charge in [-0.2, -0.15) is 0 Å². The summed E-state index contributed by atoms with van der Waals surface area (Å²) in [6.45, 7) is 3.53. The van der Waals surface area contributed by atoms with E-state index in [1.807, 2.05) is 6.92 Å². The Kier molecular flexibility index (Phi) is 7.79. The number of benzene rings is 2. The fourth-order valence-corrected chi connectivity index (χ4v) is 2.45. The Hall–Kier alpha value is -2.89. The average molecular weight is 372 g/mol. The molecular weight excluding hydrogens is 347 g/mol. The van der Waals surface area contributed by atoms with Gasteiger partial charge in [-0.05, 0) is 50.8 Å². The van der Waals surface area contributed by atoms with Gasteiger partial charge in [-0.1, -0.05) is 42.0 Å². The number of rotatable bonds is 8. The molecule has 0 aromatic heterocycles. The minimum absolute atomic E-state index is 0.0115. The third kappa shape index (κ3) is 7.09. The lowest BCUT2D eigenvalue weighted by atomic mass is 10.1. The Morgan fingerprint density at radius 2 is 1.74 bits per heavy atom. The highest BCUT2D eigenvalue weighted by Crippen LogP contribution is 2.16. The molecule has 6 heteroatoms. The van der Waals surface area contributed by atoms with Gasteiger partial charge in [0.15, 0.2) is 17.7 Å². The molecule has 2 N–H and O–H groups in total. The molecule has 2 aromatic rings. The summed E-state index contributed by atoms with van der Waals surface area (Å²) in [5.74, 6) is -1.38. The van der Waals surface area contributed by atoms with E-state index in [4.69, 9.17) is 4.74 Å². The highest BCUT2D eigenvalue weighted by atomic mass is 19.1. The second-order valence-electron chi connectivity index (χ2n) is 6.42. The molecule has 2 amide bonds. The smallest absolute Gasteiger partial charge is 0.279 e. The highest BCUT2D eigenvalue weighted by molar-refractivity contribution is 5.84. The molecule has 2 aromatic carbocycles. The van der Waals surface area contributed by atoms with E-state index in [1.165, 1.54) is 36.2 Å². The summed E-state index contributed by atoms with van der Waals surface area (Å²) in [5.41, 5.74) is 7.13. The van der Waals surface area contributed by atoms with Crippen LogP contribution in [-0.2, 0) is 16.0 Å².